The van der Waals surface area contributed by atoms with Gasteiger partial charge in [-0.3, -0.25) is 0 Å². The Bertz CT molecular complexity index is 949. The minimum atomic E-state index is 0.0531. The van der Waals surface area contributed by atoms with Crippen molar-refractivity contribution in [1.82, 2.24) is 0 Å². The van der Waals surface area contributed by atoms with Crippen LogP contribution in [0.15, 0.2) is 60.7 Å². The van der Waals surface area contributed by atoms with E-state index in [9.17, 15) is 0 Å². The van der Waals surface area contributed by atoms with E-state index in [2.05, 4.69) is 74.5 Å². The molecule has 0 fully saturated rings. The molecule has 0 amide bonds. The maximum Gasteiger partial charge on any atom is 0.0466 e. The van der Waals surface area contributed by atoms with Crippen molar-refractivity contribution in [2.24, 2.45) is 0 Å². The molecule has 0 spiro atoms. The van der Waals surface area contributed by atoms with Gasteiger partial charge in [0.25, 0.3) is 0 Å². The van der Waals surface area contributed by atoms with Gasteiger partial charge >= 0.3 is 0 Å². The number of rotatable bonds is 1. The zero-order chi connectivity index (χ0) is 16.3. The second-order valence-electron chi connectivity index (χ2n) is 7.46. The van der Waals surface area contributed by atoms with Gasteiger partial charge in [-0.2, -0.15) is 0 Å². The largest absolute Gasteiger partial charge is 0.0622 e. The molecule has 0 N–H and O–H groups in total. The fraction of sp³-hybridized carbons (Fsp3) is 0.250. The van der Waals surface area contributed by atoms with Crippen molar-refractivity contribution in [2.75, 3.05) is 0 Å². The van der Waals surface area contributed by atoms with Crippen LogP contribution in [0, 0.1) is 13.8 Å². The Morgan fingerprint density at radius 3 is 2.46 bits per heavy atom. The first-order valence-corrected chi connectivity index (χ1v) is 9.02. The van der Waals surface area contributed by atoms with Crippen LogP contribution in [0.5, 0.6) is 0 Å². The van der Waals surface area contributed by atoms with E-state index in [0.717, 1.165) is 0 Å². The molecule has 24 heavy (non-hydrogen) atoms. The van der Waals surface area contributed by atoms with Crippen molar-refractivity contribution >= 4 is 0 Å². The summed E-state index contributed by atoms with van der Waals surface area (Å²) in [6.07, 6.45) is 3.70. The zero-order valence-electron chi connectivity index (χ0n) is 14.4. The maximum atomic E-state index is 2.44. The van der Waals surface area contributed by atoms with Crippen molar-refractivity contribution in [3.63, 3.8) is 0 Å². The first kappa shape index (κ1) is 14.0. The standard InChI is InChI=1S/C24H22/c1-16-10-12-20-21-13-11-17(2)19-9-6-14-24(23(19)21,22(20)15-16)18-7-4-3-5-8-18/h3-5,7-8,10-13,15H,6,9,14H2,1-2H3. The Morgan fingerprint density at radius 2 is 1.62 bits per heavy atom. The van der Waals surface area contributed by atoms with E-state index >= 15 is 0 Å². The van der Waals surface area contributed by atoms with Gasteiger partial charge in [0.1, 0.15) is 0 Å². The van der Waals surface area contributed by atoms with Crippen LogP contribution in [0.25, 0.3) is 11.1 Å². The quantitative estimate of drug-likeness (QED) is 0.520. The van der Waals surface area contributed by atoms with E-state index in [1.807, 2.05) is 0 Å². The molecule has 0 heteroatoms. The molecule has 0 saturated carbocycles. The minimum Gasteiger partial charge on any atom is -0.0622 e. The van der Waals surface area contributed by atoms with Gasteiger partial charge in [-0.05, 0) is 72.1 Å². The summed E-state index contributed by atoms with van der Waals surface area (Å²) in [6, 6.07) is 22.9. The highest BCUT2D eigenvalue weighted by Gasteiger charge is 2.47. The SMILES string of the molecule is Cc1ccc2c(c1)C1(c3ccccc3)CCCc3c(C)ccc-2c31. The molecule has 118 valence electrons. The highest BCUT2D eigenvalue weighted by atomic mass is 14.5. The molecular formula is C24H22. The summed E-state index contributed by atoms with van der Waals surface area (Å²) in [5.74, 6) is 0. The summed E-state index contributed by atoms with van der Waals surface area (Å²) < 4.78 is 0. The molecular weight excluding hydrogens is 288 g/mol. The maximum absolute atomic E-state index is 2.44. The summed E-state index contributed by atoms with van der Waals surface area (Å²) in [7, 11) is 0. The van der Waals surface area contributed by atoms with Crippen LogP contribution in [-0.2, 0) is 11.8 Å². The second-order valence-corrected chi connectivity index (χ2v) is 7.46. The Kier molecular flexibility index (Phi) is 2.83. The summed E-state index contributed by atoms with van der Waals surface area (Å²) >= 11 is 0. The van der Waals surface area contributed by atoms with Crippen LogP contribution < -0.4 is 0 Å². The van der Waals surface area contributed by atoms with Gasteiger partial charge in [-0.25, -0.2) is 0 Å². The topological polar surface area (TPSA) is 0 Å². The van der Waals surface area contributed by atoms with Gasteiger partial charge in [-0.15, -0.1) is 0 Å². The first-order chi connectivity index (χ1) is 11.7. The third kappa shape index (κ3) is 1.64. The number of hydrogen-bond donors (Lipinski definition) is 0. The fourth-order valence-electron chi connectivity index (χ4n) is 5.12. The van der Waals surface area contributed by atoms with Crippen LogP contribution in [0.2, 0.25) is 0 Å². The Labute approximate surface area is 144 Å². The number of hydrogen-bond acceptors (Lipinski definition) is 0. The van der Waals surface area contributed by atoms with Crippen LogP contribution in [-0.4, -0.2) is 0 Å². The van der Waals surface area contributed by atoms with Gasteiger partial charge in [-0.1, -0.05) is 66.2 Å². The summed E-state index contributed by atoms with van der Waals surface area (Å²) in [6.45, 7) is 4.50. The third-order valence-electron chi connectivity index (χ3n) is 6.14. The Hall–Kier alpha value is -2.34. The van der Waals surface area contributed by atoms with Crippen molar-refractivity contribution in [2.45, 2.75) is 38.5 Å². The molecule has 0 heterocycles. The van der Waals surface area contributed by atoms with E-state index in [1.54, 1.807) is 11.1 Å². The minimum absolute atomic E-state index is 0.0531. The molecule has 3 aromatic rings. The van der Waals surface area contributed by atoms with Gasteiger partial charge in [0.2, 0.25) is 0 Å². The molecule has 0 aromatic heterocycles. The second kappa shape index (κ2) is 4.83. The fourth-order valence-corrected chi connectivity index (χ4v) is 5.12. The average Bonchev–Trinajstić information content (AvgIpc) is 2.91. The predicted molar refractivity (Wildman–Crippen MR) is 101 cm³/mol. The molecule has 2 aliphatic carbocycles. The normalized spacial score (nSPS) is 20.6. The van der Waals surface area contributed by atoms with Crippen LogP contribution in [0.1, 0.15) is 46.2 Å². The molecule has 2 aliphatic rings. The molecule has 0 radical (unpaired) electrons. The van der Waals surface area contributed by atoms with Gasteiger partial charge in [0.15, 0.2) is 0 Å². The first-order valence-electron chi connectivity index (χ1n) is 9.02. The van der Waals surface area contributed by atoms with Crippen molar-refractivity contribution in [1.29, 1.82) is 0 Å². The molecule has 0 aliphatic heterocycles. The Balaban J connectivity index is 1.96. The third-order valence-corrected chi connectivity index (χ3v) is 6.14. The van der Waals surface area contributed by atoms with Crippen molar-refractivity contribution in [3.8, 4) is 11.1 Å². The number of fused-ring (bicyclic) bond motifs is 3. The predicted octanol–water partition coefficient (Wildman–Crippen LogP) is 5.95. The Morgan fingerprint density at radius 1 is 0.833 bits per heavy atom. The lowest BCUT2D eigenvalue weighted by atomic mass is 9.64. The highest BCUT2D eigenvalue weighted by Crippen LogP contribution is 2.58. The van der Waals surface area contributed by atoms with E-state index in [-0.39, 0.29) is 5.41 Å². The smallest absolute Gasteiger partial charge is 0.0466 e. The average molecular weight is 310 g/mol. The zero-order valence-corrected chi connectivity index (χ0v) is 14.4. The summed E-state index contributed by atoms with van der Waals surface area (Å²) in [5.41, 5.74) is 12.0. The summed E-state index contributed by atoms with van der Waals surface area (Å²) in [4.78, 5) is 0. The van der Waals surface area contributed by atoms with E-state index in [0.29, 0.717) is 0 Å². The summed E-state index contributed by atoms with van der Waals surface area (Å²) in [5, 5.41) is 0. The molecule has 0 bridgehead atoms. The monoisotopic (exact) mass is 310 g/mol. The van der Waals surface area contributed by atoms with Crippen LogP contribution in [0.3, 0.4) is 0 Å². The van der Waals surface area contributed by atoms with Gasteiger partial charge < -0.3 is 0 Å². The number of benzene rings is 3. The lowest BCUT2D eigenvalue weighted by molar-refractivity contribution is 0.507. The highest BCUT2D eigenvalue weighted by molar-refractivity contribution is 5.85. The van der Waals surface area contributed by atoms with Crippen LogP contribution in [0.4, 0.5) is 0 Å². The molecule has 5 rings (SSSR count). The van der Waals surface area contributed by atoms with Gasteiger partial charge in [0, 0.05) is 5.41 Å². The molecule has 0 saturated heterocycles. The molecule has 1 unspecified atom stereocenters. The van der Waals surface area contributed by atoms with Crippen molar-refractivity contribution in [3.05, 3.63) is 94.0 Å². The van der Waals surface area contributed by atoms with Gasteiger partial charge in [0.05, 0.1) is 0 Å². The lowest BCUT2D eigenvalue weighted by Crippen LogP contribution is -2.31. The van der Waals surface area contributed by atoms with E-state index in [1.165, 1.54) is 52.6 Å². The van der Waals surface area contributed by atoms with E-state index < -0.39 is 0 Å². The number of aryl methyl sites for hydroxylation is 2. The van der Waals surface area contributed by atoms with Crippen LogP contribution >= 0.6 is 0 Å². The van der Waals surface area contributed by atoms with Crippen molar-refractivity contribution < 1.29 is 0 Å². The van der Waals surface area contributed by atoms with E-state index in [4.69, 9.17) is 0 Å². The molecule has 0 nitrogen and oxygen atoms in total. The lowest BCUT2D eigenvalue weighted by Gasteiger charge is -2.38. The molecule has 3 aromatic carbocycles. The molecule has 1 atom stereocenters.